The molecule has 10 nitrogen and oxygen atoms in total. The summed E-state index contributed by atoms with van der Waals surface area (Å²) in [7, 11) is 1.40. The maximum Gasteiger partial charge on any atom is 0.217 e. The van der Waals surface area contributed by atoms with Crippen LogP contribution >= 0.6 is 0 Å². The Bertz CT molecular complexity index is 479. The van der Waals surface area contributed by atoms with Crippen LogP contribution in [0.4, 0.5) is 0 Å². The topological polar surface area (TPSA) is 147 Å². The van der Waals surface area contributed by atoms with Gasteiger partial charge in [0.1, 0.15) is 36.6 Å². The molecule has 5 N–H and O–H groups in total. The third-order valence-corrected chi connectivity index (χ3v) is 4.84. The molecule has 2 aliphatic heterocycles. The quantitative estimate of drug-likeness (QED) is 0.350. The van der Waals surface area contributed by atoms with Gasteiger partial charge in [-0.2, -0.15) is 0 Å². The minimum absolute atomic E-state index is 0.0933. The molecule has 0 saturated carbocycles. The molecule has 26 heavy (non-hydrogen) atoms. The van der Waals surface area contributed by atoms with Gasteiger partial charge in [-0.05, 0) is 13.8 Å². The average molecular weight is 379 g/mol. The molecule has 10 heteroatoms. The van der Waals surface area contributed by atoms with Gasteiger partial charge in [-0.3, -0.25) is 4.79 Å². The van der Waals surface area contributed by atoms with Crippen LogP contribution in [0.5, 0.6) is 0 Å². The van der Waals surface area contributed by atoms with E-state index in [0.717, 1.165) is 0 Å². The lowest BCUT2D eigenvalue weighted by Crippen LogP contribution is -2.64. The molecule has 0 aromatic heterocycles. The molecule has 2 rings (SSSR count). The molecule has 0 aromatic rings. The van der Waals surface area contributed by atoms with Crippen LogP contribution in [0, 0.1) is 0 Å². The summed E-state index contributed by atoms with van der Waals surface area (Å²) in [6, 6.07) is -0.637. The first-order valence-electron chi connectivity index (χ1n) is 8.62. The van der Waals surface area contributed by atoms with Crippen molar-refractivity contribution in [1.82, 2.24) is 5.32 Å². The minimum atomic E-state index is -1.43. The Hall–Kier alpha value is -0.850. The number of hydrogen-bond acceptors (Lipinski definition) is 9. The monoisotopic (exact) mass is 379 g/mol. The van der Waals surface area contributed by atoms with Gasteiger partial charge in [0.15, 0.2) is 6.29 Å². The second-order valence-electron chi connectivity index (χ2n) is 6.81. The highest BCUT2D eigenvalue weighted by molar-refractivity contribution is 5.73. The van der Waals surface area contributed by atoms with Crippen LogP contribution in [0.3, 0.4) is 0 Å². The van der Waals surface area contributed by atoms with E-state index in [0.29, 0.717) is 0 Å². The van der Waals surface area contributed by atoms with Crippen molar-refractivity contribution in [2.24, 2.45) is 0 Å². The van der Waals surface area contributed by atoms with E-state index in [1.165, 1.54) is 14.0 Å². The van der Waals surface area contributed by atoms with Crippen LogP contribution in [0.25, 0.3) is 0 Å². The minimum Gasteiger partial charge on any atom is -0.388 e. The Morgan fingerprint density at radius 3 is 2.23 bits per heavy atom. The Morgan fingerprint density at radius 1 is 1.00 bits per heavy atom. The molecule has 2 heterocycles. The summed E-state index contributed by atoms with van der Waals surface area (Å²) in [5, 5.41) is 42.7. The van der Waals surface area contributed by atoms with Gasteiger partial charge in [0.25, 0.3) is 0 Å². The number of amides is 1. The number of methoxy groups -OCH3 is 1. The number of rotatable bonds is 5. The van der Waals surface area contributed by atoms with Gasteiger partial charge in [0.05, 0.1) is 24.9 Å². The Morgan fingerprint density at radius 2 is 1.65 bits per heavy atom. The highest BCUT2D eigenvalue weighted by Gasteiger charge is 2.46. The zero-order valence-corrected chi connectivity index (χ0v) is 15.3. The van der Waals surface area contributed by atoms with Crippen molar-refractivity contribution in [3.05, 3.63) is 0 Å². The summed E-state index contributed by atoms with van der Waals surface area (Å²) in [5.74, 6) is -0.297. The van der Waals surface area contributed by atoms with Crippen LogP contribution in [0.1, 0.15) is 20.8 Å². The van der Waals surface area contributed by atoms with Crippen molar-refractivity contribution in [1.29, 1.82) is 0 Å². The molecular weight excluding hydrogens is 350 g/mol. The summed E-state index contributed by atoms with van der Waals surface area (Å²) in [5.41, 5.74) is 0. The maximum atomic E-state index is 11.3. The molecule has 152 valence electrons. The predicted octanol–water partition coefficient (Wildman–Crippen LogP) is -2.50. The third kappa shape index (κ3) is 4.52. The summed E-state index contributed by atoms with van der Waals surface area (Å²) < 4.78 is 22.0. The lowest BCUT2D eigenvalue weighted by atomic mass is 9.93. The molecule has 0 radical (unpaired) electrons. The predicted molar refractivity (Wildman–Crippen MR) is 87.1 cm³/mol. The van der Waals surface area contributed by atoms with Crippen molar-refractivity contribution < 1.29 is 44.2 Å². The van der Waals surface area contributed by atoms with Crippen molar-refractivity contribution in [3.63, 3.8) is 0 Å². The van der Waals surface area contributed by atoms with E-state index in [9.17, 15) is 25.2 Å². The largest absolute Gasteiger partial charge is 0.388 e. The van der Waals surface area contributed by atoms with Gasteiger partial charge in [-0.1, -0.05) is 0 Å². The fourth-order valence-corrected chi connectivity index (χ4v) is 3.34. The number of aliphatic hydroxyl groups is 4. The van der Waals surface area contributed by atoms with Crippen LogP contribution in [0.15, 0.2) is 0 Å². The first kappa shape index (κ1) is 21.5. The van der Waals surface area contributed by atoms with E-state index < -0.39 is 61.2 Å². The first-order valence-corrected chi connectivity index (χ1v) is 8.62. The van der Waals surface area contributed by atoms with Crippen LogP contribution in [-0.2, 0) is 23.7 Å². The Balaban J connectivity index is 1.99. The molecule has 2 aliphatic rings. The number of nitrogens with one attached hydrogen (secondary N) is 1. The molecule has 2 saturated heterocycles. The fourth-order valence-electron chi connectivity index (χ4n) is 3.34. The SMILES string of the molecule is CO[C@@H]1C(CO[C@@H]2OC(C)[C@@H](O)C(O)C2O)O[C@@H](C)C(NC(C)=O)C1O. The molecule has 0 aromatic carbocycles. The summed E-state index contributed by atoms with van der Waals surface area (Å²) in [6.45, 7) is 4.51. The Labute approximate surface area is 152 Å². The zero-order chi connectivity index (χ0) is 19.6. The molecule has 0 aliphatic carbocycles. The lowest BCUT2D eigenvalue weighted by Gasteiger charge is -2.44. The molecule has 6 unspecified atom stereocenters. The average Bonchev–Trinajstić information content (AvgIpc) is 2.58. The molecule has 10 atom stereocenters. The summed E-state index contributed by atoms with van der Waals surface area (Å²) >= 11 is 0. The van der Waals surface area contributed by atoms with Crippen molar-refractivity contribution >= 4 is 5.91 Å². The molecule has 0 bridgehead atoms. The van der Waals surface area contributed by atoms with Crippen molar-refractivity contribution in [2.75, 3.05) is 13.7 Å². The first-order chi connectivity index (χ1) is 12.2. The second kappa shape index (κ2) is 8.89. The number of carbonyl (C=O) groups excluding carboxylic acids is 1. The second-order valence-corrected chi connectivity index (χ2v) is 6.81. The van der Waals surface area contributed by atoms with E-state index in [2.05, 4.69) is 5.32 Å². The summed E-state index contributed by atoms with van der Waals surface area (Å²) in [4.78, 5) is 11.3. The lowest BCUT2D eigenvalue weighted by molar-refractivity contribution is -0.305. The van der Waals surface area contributed by atoms with Crippen LogP contribution in [-0.4, -0.2) is 101 Å². The zero-order valence-electron chi connectivity index (χ0n) is 15.3. The number of ether oxygens (including phenoxy) is 4. The van der Waals surface area contributed by atoms with Gasteiger partial charge >= 0.3 is 0 Å². The molecule has 1 amide bonds. The fraction of sp³-hybridized carbons (Fsp3) is 0.938. The van der Waals surface area contributed by atoms with E-state index in [1.807, 2.05) is 0 Å². The smallest absolute Gasteiger partial charge is 0.217 e. The van der Waals surface area contributed by atoms with Gasteiger partial charge < -0.3 is 44.7 Å². The normalized spacial score (nSPS) is 46.8. The van der Waals surface area contributed by atoms with E-state index in [-0.39, 0.29) is 12.5 Å². The standard InChI is InChI=1S/C16H29NO9/c1-6-10(17-8(3)18)12(20)15(23-4)9(25-6)5-24-16-14(22)13(21)11(19)7(2)26-16/h6-7,9-16,19-22H,5H2,1-4H3,(H,17,18)/t6-,7?,9?,10?,11+,12?,13?,14?,15+,16+/m0/s1. The van der Waals surface area contributed by atoms with Gasteiger partial charge in [-0.25, -0.2) is 0 Å². The van der Waals surface area contributed by atoms with Gasteiger partial charge in [-0.15, -0.1) is 0 Å². The van der Waals surface area contributed by atoms with Gasteiger partial charge in [0, 0.05) is 14.0 Å². The maximum absolute atomic E-state index is 11.3. The molecule has 2 fully saturated rings. The van der Waals surface area contributed by atoms with E-state index in [1.54, 1.807) is 13.8 Å². The van der Waals surface area contributed by atoms with Crippen LogP contribution < -0.4 is 5.32 Å². The van der Waals surface area contributed by atoms with E-state index in [4.69, 9.17) is 18.9 Å². The highest BCUT2D eigenvalue weighted by atomic mass is 16.7. The third-order valence-electron chi connectivity index (χ3n) is 4.84. The van der Waals surface area contributed by atoms with Crippen molar-refractivity contribution in [3.8, 4) is 0 Å². The number of aliphatic hydroxyl groups excluding tert-OH is 4. The van der Waals surface area contributed by atoms with E-state index >= 15 is 0 Å². The summed E-state index contributed by atoms with van der Waals surface area (Å²) in [6.07, 6.45) is -8.93. The van der Waals surface area contributed by atoms with Gasteiger partial charge in [0.2, 0.25) is 5.91 Å². The number of hydrogen-bond donors (Lipinski definition) is 5. The highest BCUT2D eigenvalue weighted by Crippen LogP contribution is 2.26. The molecular formula is C16H29NO9. The Kier molecular flexibility index (Phi) is 7.34. The van der Waals surface area contributed by atoms with Crippen LogP contribution in [0.2, 0.25) is 0 Å². The molecule has 0 spiro atoms. The van der Waals surface area contributed by atoms with Crippen molar-refractivity contribution in [2.45, 2.75) is 81.9 Å². The number of carbonyl (C=O) groups is 1.